The van der Waals surface area contributed by atoms with Crippen LogP contribution in [-0.2, 0) is 10.0 Å². The minimum Gasteiger partial charge on any atom is -0.330 e. The zero-order valence-electron chi connectivity index (χ0n) is 14.8. The van der Waals surface area contributed by atoms with Crippen LogP contribution in [0.25, 0.3) is 0 Å². The first kappa shape index (κ1) is 18.6. The fourth-order valence-electron chi connectivity index (χ4n) is 3.44. The average molecular weight is 387 g/mol. The van der Waals surface area contributed by atoms with Gasteiger partial charge in [-0.05, 0) is 39.5 Å². The SMILES string of the molecule is Cc1nc(C(C)NC(=O)N2CCC(S(=O)(=O)N3CCCC3)CC2)cs1. The Morgan fingerprint density at radius 3 is 2.48 bits per heavy atom. The van der Waals surface area contributed by atoms with Crippen molar-refractivity contribution in [1.82, 2.24) is 19.5 Å². The predicted octanol–water partition coefficient (Wildman–Crippen LogP) is 2.11. The van der Waals surface area contributed by atoms with Gasteiger partial charge in [0.2, 0.25) is 10.0 Å². The maximum Gasteiger partial charge on any atom is 0.317 e. The van der Waals surface area contributed by atoms with Crippen LogP contribution in [0.3, 0.4) is 0 Å². The van der Waals surface area contributed by atoms with E-state index in [1.807, 2.05) is 19.2 Å². The van der Waals surface area contributed by atoms with Gasteiger partial charge in [0.05, 0.1) is 22.0 Å². The molecule has 0 aromatic carbocycles. The van der Waals surface area contributed by atoms with E-state index >= 15 is 0 Å². The lowest BCUT2D eigenvalue weighted by molar-refractivity contribution is 0.183. The van der Waals surface area contributed by atoms with Gasteiger partial charge in [-0.3, -0.25) is 0 Å². The number of amides is 2. The summed E-state index contributed by atoms with van der Waals surface area (Å²) in [5.74, 6) is 0. The fraction of sp³-hybridized carbons (Fsp3) is 0.750. The van der Waals surface area contributed by atoms with Crippen molar-refractivity contribution in [3.63, 3.8) is 0 Å². The molecule has 2 saturated heterocycles. The monoisotopic (exact) mass is 386 g/mol. The highest BCUT2D eigenvalue weighted by Gasteiger charge is 2.36. The number of nitrogens with one attached hydrogen (secondary N) is 1. The van der Waals surface area contributed by atoms with Crippen LogP contribution in [0.1, 0.15) is 49.4 Å². The van der Waals surface area contributed by atoms with Gasteiger partial charge in [-0.1, -0.05) is 0 Å². The third-order valence-electron chi connectivity index (χ3n) is 5.00. The summed E-state index contributed by atoms with van der Waals surface area (Å²) in [5.41, 5.74) is 0.863. The normalized spacial score (nSPS) is 21.4. The highest BCUT2D eigenvalue weighted by molar-refractivity contribution is 7.89. The molecule has 0 radical (unpaired) electrons. The minimum absolute atomic E-state index is 0.143. The van der Waals surface area contributed by atoms with E-state index in [-0.39, 0.29) is 17.3 Å². The van der Waals surface area contributed by atoms with E-state index < -0.39 is 10.0 Å². The number of sulfonamides is 1. The molecule has 1 unspecified atom stereocenters. The number of likely N-dealkylation sites (tertiary alicyclic amines) is 1. The number of piperidine rings is 1. The number of rotatable bonds is 4. The molecule has 1 aromatic rings. The van der Waals surface area contributed by atoms with E-state index in [1.54, 1.807) is 20.5 Å². The lowest BCUT2D eigenvalue weighted by Crippen LogP contribution is -2.49. The molecule has 9 heteroatoms. The summed E-state index contributed by atoms with van der Waals surface area (Å²) in [7, 11) is -3.21. The summed E-state index contributed by atoms with van der Waals surface area (Å²) in [6.07, 6.45) is 2.93. The Kier molecular flexibility index (Phi) is 5.65. The molecule has 2 aliphatic heterocycles. The first-order valence-corrected chi connectivity index (χ1v) is 11.2. The molecule has 1 N–H and O–H groups in total. The van der Waals surface area contributed by atoms with Crippen LogP contribution >= 0.6 is 11.3 Å². The zero-order chi connectivity index (χ0) is 18.0. The average Bonchev–Trinajstić information content (AvgIpc) is 3.26. The standard InChI is InChI=1S/C16H26N4O3S2/c1-12(15-11-24-13(2)18-15)17-16(21)19-9-5-14(6-10-19)25(22,23)20-7-3-4-8-20/h11-12,14H,3-10H2,1-2H3,(H,17,21). The van der Waals surface area contributed by atoms with Crippen molar-refractivity contribution in [2.45, 2.75) is 50.8 Å². The third kappa shape index (κ3) is 4.15. The summed E-state index contributed by atoms with van der Waals surface area (Å²) in [6.45, 7) is 6.10. The molecule has 1 aromatic heterocycles. The Hall–Kier alpha value is -1.19. The second kappa shape index (κ2) is 7.59. The molecule has 3 rings (SSSR count). The van der Waals surface area contributed by atoms with Crippen LogP contribution in [0.5, 0.6) is 0 Å². The molecule has 2 amide bonds. The zero-order valence-corrected chi connectivity index (χ0v) is 16.4. The Bertz CT molecular complexity index is 705. The van der Waals surface area contributed by atoms with Crippen molar-refractivity contribution in [2.75, 3.05) is 26.2 Å². The van der Waals surface area contributed by atoms with E-state index in [1.165, 1.54) is 0 Å². The first-order chi connectivity index (χ1) is 11.9. The smallest absolute Gasteiger partial charge is 0.317 e. The number of aromatic nitrogens is 1. The molecule has 0 spiro atoms. The van der Waals surface area contributed by atoms with Gasteiger partial charge in [0.15, 0.2) is 0 Å². The van der Waals surface area contributed by atoms with Crippen molar-refractivity contribution >= 4 is 27.4 Å². The summed E-state index contributed by atoms with van der Waals surface area (Å²) >= 11 is 1.56. The predicted molar refractivity (Wildman–Crippen MR) is 98.1 cm³/mol. The number of hydrogen-bond acceptors (Lipinski definition) is 5. The summed E-state index contributed by atoms with van der Waals surface area (Å²) < 4.78 is 26.9. The van der Waals surface area contributed by atoms with Crippen LogP contribution in [-0.4, -0.2) is 60.1 Å². The van der Waals surface area contributed by atoms with E-state index in [0.717, 1.165) is 23.5 Å². The molecular formula is C16H26N4O3S2. The van der Waals surface area contributed by atoms with Crippen LogP contribution in [0, 0.1) is 6.92 Å². The first-order valence-electron chi connectivity index (χ1n) is 8.84. The van der Waals surface area contributed by atoms with Gasteiger partial charge in [0, 0.05) is 31.6 Å². The van der Waals surface area contributed by atoms with E-state index in [9.17, 15) is 13.2 Å². The van der Waals surface area contributed by atoms with Crippen LogP contribution in [0.2, 0.25) is 0 Å². The third-order valence-corrected chi connectivity index (χ3v) is 8.19. The van der Waals surface area contributed by atoms with Gasteiger partial charge < -0.3 is 10.2 Å². The maximum absolute atomic E-state index is 12.6. The van der Waals surface area contributed by atoms with Crippen LogP contribution in [0.4, 0.5) is 4.79 Å². The fourth-order valence-corrected chi connectivity index (χ4v) is 6.14. The molecule has 0 saturated carbocycles. The molecule has 1 atom stereocenters. The second-order valence-corrected chi connectivity index (χ2v) is 10.1. The van der Waals surface area contributed by atoms with Crippen LogP contribution in [0.15, 0.2) is 5.38 Å². The van der Waals surface area contributed by atoms with Gasteiger partial charge in [0.1, 0.15) is 0 Å². The summed E-state index contributed by atoms with van der Waals surface area (Å²) in [5, 5.41) is 5.54. The molecule has 25 heavy (non-hydrogen) atoms. The van der Waals surface area contributed by atoms with Crippen molar-refractivity contribution < 1.29 is 13.2 Å². The van der Waals surface area contributed by atoms with Crippen molar-refractivity contribution in [3.8, 4) is 0 Å². The molecule has 7 nitrogen and oxygen atoms in total. The molecule has 0 aliphatic carbocycles. The van der Waals surface area contributed by atoms with Gasteiger partial charge >= 0.3 is 6.03 Å². The quantitative estimate of drug-likeness (QED) is 0.859. The number of carbonyl (C=O) groups is 1. The molecule has 2 aliphatic rings. The number of aryl methyl sites for hydroxylation is 1. The van der Waals surface area contributed by atoms with Gasteiger partial charge in [0.25, 0.3) is 0 Å². The number of thiazole rings is 1. The lowest BCUT2D eigenvalue weighted by Gasteiger charge is -2.34. The number of urea groups is 1. The summed E-state index contributed by atoms with van der Waals surface area (Å²) in [4.78, 5) is 18.5. The van der Waals surface area contributed by atoms with Gasteiger partial charge in [-0.15, -0.1) is 11.3 Å². The molecule has 3 heterocycles. The van der Waals surface area contributed by atoms with Crippen molar-refractivity contribution in [3.05, 3.63) is 16.1 Å². The Morgan fingerprint density at radius 1 is 1.28 bits per heavy atom. The van der Waals surface area contributed by atoms with E-state index in [0.29, 0.717) is 39.0 Å². The Labute approximate surface area is 153 Å². The molecular weight excluding hydrogens is 360 g/mol. The van der Waals surface area contributed by atoms with Gasteiger partial charge in [-0.25, -0.2) is 22.5 Å². The molecule has 140 valence electrons. The largest absolute Gasteiger partial charge is 0.330 e. The number of hydrogen-bond donors (Lipinski definition) is 1. The van der Waals surface area contributed by atoms with Gasteiger partial charge in [-0.2, -0.15) is 0 Å². The Balaban J connectivity index is 1.52. The minimum atomic E-state index is -3.21. The molecule has 2 fully saturated rings. The van der Waals surface area contributed by atoms with Crippen LogP contribution < -0.4 is 5.32 Å². The van der Waals surface area contributed by atoms with Crippen molar-refractivity contribution in [2.24, 2.45) is 0 Å². The number of nitrogens with zero attached hydrogens (tertiary/aromatic N) is 3. The van der Waals surface area contributed by atoms with E-state index in [4.69, 9.17) is 0 Å². The second-order valence-electron chi connectivity index (χ2n) is 6.80. The molecule has 0 bridgehead atoms. The Morgan fingerprint density at radius 2 is 1.92 bits per heavy atom. The lowest BCUT2D eigenvalue weighted by atomic mass is 10.1. The highest BCUT2D eigenvalue weighted by atomic mass is 32.2. The highest BCUT2D eigenvalue weighted by Crippen LogP contribution is 2.24. The van der Waals surface area contributed by atoms with E-state index in [2.05, 4.69) is 10.3 Å². The topological polar surface area (TPSA) is 82.6 Å². The number of carbonyl (C=O) groups excluding carboxylic acids is 1. The maximum atomic E-state index is 12.6. The summed E-state index contributed by atoms with van der Waals surface area (Å²) in [6, 6.07) is -0.293. The van der Waals surface area contributed by atoms with Crippen molar-refractivity contribution in [1.29, 1.82) is 0 Å².